The molecule has 0 bridgehead atoms. The van der Waals surface area contributed by atoms with Crippen molar-refractivity contribution in [3.05, 3.63) is 64.7 Å². The Morgan fingerprint density at radius 2 is 1.80 bits per heavy atom. The summed E-state index contributed by atoms with van der Waals surface area (Å²) in [6.07, 6.45) is -0.347. The van der Waals surface area contributed by atoms with E-state index in [0.717, 1.165) is 5.56 Å². The van der Waals surface area contributed by atoms with Gasteiger partial charge in [0.15, 0.2) is 15.9 Å². The SMILES string of the molecule is CC(Oc1ccccc1Cl)C(=O)N(Cc1ccc(C(C)C)cc1)C1CCS(=O)(=O)C1. The smallest absolute Gasteiger partial charge is 0.263 e. The molecule has 1 heterocycles. The number of rotatable bonds is 7. The molecular formula is C23H28ClNO4S. The topological polar surface area (TPSA) is 63.7 Å². The van der Waals surface area contributed by atoms with E-state index in [4.69, 9.17) is 16.3 Å². The summed E-state index contributed by atoms with van der Waals surface area (Å²) in [5, 5.41) is 0.427. The van der Waals surface area contributed by atoms with Crippen LogP contribution in [-0.2, 0) is 21.2 Å². The van der Waals surface area contributed by atoms with Gasteiger partial charge in [-0.3, -0.25) is 4.79 Å². The lowest BCUT2D eigenvalue weighted by Crippen LogP contribution is -2.46. The summed E-state index contributed by atoms with van der Waals surface area (Å²) < 4.78 is 29.9. The fourth-order valence-corrected chi connectivity index (χ4v) is 5.54. The second-order valence-electron chi connectivity index (χ2n) is 8.11. The molecule has 1 aliphatic heterocycles. The van der Waals surface area contributed by atoms with Crippen LogP contribution in [-0.4, -0.2) is 42.9 Å². The molecule has 0 saturated carbocycles. The van der Waals surface area contributed by atoms with E-state index in [1.807, 2.05) is 12.1 Å². The number of para-hydroxylation sites is 1. The van der Waals surface area contributed by atoms with Crippen LogP contribution < -0.4 is 4.74 Å². The normalized spacial score (nSPS) is 18.9. The van der Waals surface area contributed by atoms with Crippen LogP contribution in [0.1, 0.15) is 44.2 Å². The molecule has 2 aromatic carbocycles. The van der Waals surface area contributed by atoms with E-state index >= 15 is 0 Å². The number of halogens is 1. The number of carbonyl (C=O) groups excluding carboxylic acids is 1. The van der Waals surface area contributed by atoms with Crippen LogP contribution in [0, 0.1) is 0 Å². The van der Waals surface area contributed by atoms with Crippen molar-refractivity contribution in [3.63, 3.8) is 0 Å². The number of nitrogens with zero attached hydrogens (tertiary/aromatic N) is 1. The second-order valence-corrected chi connectivity index (χ2v) is 10.7. The van der Waals surface area contributed by atoms with Crippen molar-refractivity contribution in [2.24, 2.45) is 0 Å². The van der Waals surface area contributed by atoms with Gasteiger partial charge < -0.3 is 9.64 Å². The molecule has 7 heteroatoms. The minimum Gasteiger partial charge on any atom is -0.479 e. The Kier molecular flexibility index (Phi) is 7.09. The zero-order valence-corrected chi connectivity index (χ0v) is 19.1. The van der Waals surface area contributed by atoms with E-state index in [2.05, 4.69) is 26.0 Å². The van der Waals surface area contributed by atoms with Crippen molar-refractivity contribution in [2.75, 3.05) is 11.5 Å². The fraction of sp³-hybridized carbons (Fsp3) is 0.435. The summed E-state index contributed by atoms with van der Waals surface area (Å²) in [5.74, 6) is 0.695. The second kappa shape index (κ2) is 9.40. The summed E-state index contributed by atoms with van der Waals surface area (Å²) in [6.45, 7) is 6.27. The molecule has 30 heavy (non-hydrogen) atoms. The van der Waals surface area contributed by atoms with E-state index in [1.54, 1.807) is 36.1 Å². The molecule has 0 aliphatic carbocycles. The molecular weight excluding hydrogens is 422 g/mol. The molecule has 1 fully saturated rings. The average molecular weight is 450 g/mol. The number of ether oxygens (including phenoxy) is 1. The van der Waals surface area contributed by atoms with E-state index in [0.29, 0.717) is 29.7 Å². The van der Waals surface area contributed by atoms with Gasteiger partial charge in [-0.05, 0) is 42.5 Å². The van der Waals surface area contributed by atoms with Crippen LogP contribution in [0.15, 0.2) is 48.5 Å². The highest BCUT2D eigenvalue weighted by Gasteiger charge is 2.36. The number of hydrogen-bond acceptors (Lipinski definition) is 4. The Balaban J connectivity index is 1.81. The Labute approximate surface area is 183 Å². The lowest BCUT2D eigenvalue weighted by molar-refractivity contribution is -0.140. The van der Waals surface area contributed by atoms with Gasteiger partial charge in [0, 0.05) is 12.6 Å². The first kappa shape index (κ1) is 22.6. The number of benzene rings is 2. The molecule has 1 saturated heterocycles. The quantitative estimate of drug-likeness (QED) is 0.626. The van der Waals surface area contributed by atoms with Crippen LogP contribution in [0.5, 0.6) is 5.75 Å². The lowest BCUT2D eigenvalue weighted by atomic mass is 10.0. The van der Waals surface area contributed by atoms with Crippen molar-refractivity contribution in [1.29, 1.82) is 0 Å². The zero-order chi connectivity index (χ0) is 21.9. The fourth-order valence-electron chi connectivity index (χ4n) is 3.63. The maximum Gasteiger partial charge on any atom is 0.263 e. The molecule has 162 valence electrons. The van der Waals surface area contributed by atoms with Crippen LogP contribution >= 0.6 is 11.6 Å². The third kappa shape index (κ3) is 5.55. The predicted octanol–water partition coefficient (Wildman–Crippen LogP) is 4.45. The van der Waals surface area contributed by atoms with Crippen molar-refractivity contribution < 1.29 is 17.9 Å². The zero-order valence-electron chi connectivity index (χ0n) is 17.5. The van der Waals surface area contributed by atoms with Crippen LogP contribution in [0.25, 0.3) is 0 Å². The highest BCUT2D eigenvalue weighted by molar-refractivity contribution is 7.91. The van der Waals surface area contributed by atoms with Gasteiger partial charge in [-0.1, -0.05) is 61.8 Å². The number of amides is 1. The van der Waals surface area contributed by atoms with Crippen LogP contribution in [0.2, 0.25) is 5.02 Å². The maximum absolute atomic E-state index is 13.3. The predicted molar refractivity (Wildman–Crippen MR) is 120 cm³/mol. The van der Waals surface area contributed by atoms with Gasteiger partial charge >= 0.3 is 0 Å². The van der Waals surface area contributed by atoms with E-state index in [9.17, 15) is 13.2 Å². The molecule has 0 radical (unpaired) electrons. The molecule has 5 nitrogen and oxygen atoms in total. The standard InChI is InChI=1S/C23H28ClNO4S/c1-16(2)19-10-8-18(9-11-19)14-25(20-12-13-30(27,28)15-20)23(26)17(3)29-22-7-5-4-6-21(22)24/h4-11,16-17,20H,12-15H2,1-3H3. The van der Waals surface area contributed by atoms with Gasteiger partial charge in [0.05, 0.1) is 16.5 Å². The molecule has 0 aromatic heterocycles. The summed E-state index contributed by atoms with van der Waals surface area (Å²) in [6, 6.07) is 14.7. The number of carbonyl (C=O) groups is 1. The first-order valence-corrected chi connectivity index (χ1v) is 12.4. The average Bonchev–Trinajstić information content (AvgIpc) is 3.07. The summed E-state index contributed by atoms with van der Waals surface area (Å²) in [5.41, 5.74) is 2.18. The van der Waals surface area contributed by atoms with Crippen molar-refractivity contribution in [3.8, 4) is 5.75 Å². The van der Waals surface area contributed by atoms with E-state index in [-0.39, 0.29) is 23.5 Å². The Morgan fingerprint density at radius 3 is 2.37 bits per heavy atom. The van der Waals surface area contributed by atoms with Crippen LogP contribution in [0.3, 0.4) is 0 Å². The van der Waals surface area contributed by atoms with Gasteiger partial charge in [0.1, 0.15) is 5.75 Å². The molecule has 2 unspecified atom stereocenters. The minimum absolute atomic E-state index is 0.0123. The van der Waals surface area contributed by atoms with Gasteiger partial charge in [0.2, 0.25) is 0 Å². The third-order valence-electron chi connectivity index (χ3n) is 5.42. The molecule has 0 spiro atoms. The lowest BCUT2D eigenvalue weighted by Gasteiger charge is -2.31. The minimum atomic E-state index is -3.13. The van der Waals surface area contributed by atoms with E-state index in [1.165, 1.54) is 5.56 Å². The van der Waals surface area contributed by atoms with E-state index < -0.39 is 15.9 Å². The monoisotopic (exact) mass is 449 g/mol. The summed E-state index contributed by atoms with van der Waals surface area (Å²) in [7, 11) is -3.13. The number of sulfone groups is 1. The van der Waals surface area contributed by atoms with Crippen molar-refractivity contribution in [1.82, 2.24) is 4.90 Å². The third-order valence-corrected chi connectivity index (χ3v) is 7.48. The van der Waals surface area contributed by atoms with Crippen LogP contribution in [0.4, 0.5) is 0 Å². The molecule has 0 N–H and O–H groups in total. The van der Waals surface area contributed by atoms with Gasteiger partial charge in [0.25, 0.3) is 5.91 Å². The molecule has 2 aromatic rings. The summed E-state index contributed by atoms with van der Waals surface area (Å²) >= 11 is 6.16. The highest BCUT2D eigenvalue weighted by atomic mass is 35.5. The molecule has 2 atom stereocenters. The Bertz CT molecular complexity index is 989. The van der Waals surface area contributed by atoms with Gasteiger partial charge in [-0.2, -0.15) is 0 Å². The highest BCUT2D eigenvalue weighted by Crippen LogP contribution is 2.26. The maximum atomic E-state index is 13.3. The Hall–Kier alpha value is -2.05. The largest absolute Gasteiger partial charge is 0.479 e. The first-order chi connectivity index (χ1) is 14.2. The Morgan fingerprint density at radius 1 is 1.13 bits per heavy atom. The van der Waals surface area contributed by atoms with Crippen molar-refractivity contribution >= 4 is 27.3 Å². The molecule has 1 aliphatic rings. The first-order valence-electron chi connectivity index (χ1n) is 10.2. The van der Waals surface area contributed by atoms with Gasteiger partial charge in [-0.15, -0.1) is 0 Å². The van der Waals surface area contributed by atoms with Crippen molar-refractivity contribution in [2.45, 2.75) is 51.8 Å². The molecule has 3 rings (SSSR count). The van der Waals surface area contributed by atoms with Gasteiger partial charge in [-0.25, -0.2) is 8.42 Å². The summed E-state index contributed by atoms with van der Waals surface area (Å²) in [4.78, 5) is 14.9. The molecule has 1 amide bonds. The number of hydrogen-bond donors (Lipinski definition) is 0.